The lowest BCUT2D eigenvalue weighted by Crippen LogP contribution is -2.30. The molecule has 0 bridgehead atoms. The first kappa shape index (κ1) is 19.2. The van der Waals surface area contributed by atoms with Crippen LogP contribution in [0.2, 0.25) is 0 Å². The second-order valence-electron chi connectivity index (χ2n) is 5.01. The summed E-state index contributed by atoms with van der Waals surface area (Å²) < 4.78 is 60.8. The molecule has 26 heavy (non-hydrogen) atoms. The molecule has 0 heterocycles. The highest BCUT2D eigenvalue weighted by Crippen LogP contribution is 2.25. The van der Waals surface area contributed by atoms with E-state index in [9.17, 15) is 27.2 Å². The van der Waals surface area contributed by atoms with Crippen LogP contribution in [0.4, 0.5) is 23.2 Å². The number of esters is 1. The summed E-state index contributed by atoms with van der Waals surface area (Å²) in [7, 11) is 0. The fourth-order valence-electron chi connectivity index (χ4n) is 1.97. The van der Waals surface area contributed by atoms with E-state index in [2.05, 4.69) is 10.1 Å². The van der Waals surface area contributed by atoms with E-state index in [-0.39, 0.29) is 11.4 Å². The summed E-state index contributed by atoms with van der Waals surface area (Å²) >= 11 is 0. The van der Waals surface area contributed by atoms with Crippen molar-refractivity contribution in [3.63, 3.8) is 0 Å². The first-order valence-electron chi connectivity index (χ1n) is 7.29. The Morgan fingerprint density at radius 1 is 1.00 bits per heavy atom. The predicted octanol–water partition coefficient (Wildman–Crippen LogP) is 3.75. The van der Waals surface area contributed by atoms with Gasteiger partial charge >= 0.3 is 12.6 Å². The van der Waals surface area contributed by atoms with E-state index in [1.807, 2.05) is 0 Å². The summed E-state index contributed by atoms with van der Waals surface area (Å²) in [6.45, 7) is -1.95. The molecule has 1 atom stereocenters. The molecule has 0 radical (unpaired) electrons. The van der Waals surface area contributed by atoms with Crippen LogP contribution in [0, 0.1) is 11.6 Å². The second kappa shape index (κ2) is 8.32. The molecular formula is C17H13F4NO4. The molecule has 138 valence electrons. The predicted molar refractivity (Wildman–Crippen MR) is 82.9 cm³/mol. The molecule has 2 rings (SSSR count). The van der Waals surface area contributed by atoms with E-state index >= 15 is 0 Å². The van der Waals surface area contributed by atoms with Gasteiger partial charge in [0.25, 0.3) is 5.91 Å². The number of alkyl halides is 2. The molecule has 2 aromatic rings. The quantitative estimate of drug-likeness (QED) is 0.621. The lowest BCUT2D eigenvalue weighted by Gasteiger charge is -2.16. The highest BCUT2D eigenvalue weighted by Gasteiger charge is 2.24. The third-order valence-electron chi connectivity index (χ3n) is 3.18. The van der Waals surface area contributed by atoms with E-state index in [1.165, 1.54) is 24.3 Å². The molecule has 1 amide bonds. The lowest BCUT2D eigenvalue weighted by molar-refractivity contribution is -0.123. The van der Waals surface area contributed by atoms with Gasteiger partial charge < -0.3 is 14.8 Å². The third-order valence-corrected chi connectivity index (χ3v) is 3.18. The topological polar surface area (TPSA) is 64.6 Å². The maximum absolute atomic E-state index is 13.5. The number of hydrogen-bond acceptors (Lipinski definition) is 4. The molecular weight excluding hydrogens is 358 g/mol. The van der Waals surface area contributed by atoms with Crippen LogP contribution < -0.4 is 10.1 Å². The van der Waals surface area contributed by atoms with Gasteiger partial charge in [0.15, 0.2) is 6.10 Å². The minimum atomic E-state index is -3.10. The van der Waals surface area contributed by atoms with Gasteiger partial charge in [0.1, 0.15) is 22.9 Å². The van der Waals surface area contributed by atoms with Crippen molar-refractivity contribution in [2.45, 2.75) is 19.6 Å². The van der Waals surface area contributed by atoms with Crippen molar-refractivity contribution in [3.05, 3.63) is 59.7 Å². The summed E-state index contributed by atoms with van der Waals surface area (Å²) in [6, 6.07) is 8.16. The Balaban J connectivity index is 2.08. The highest BCUT2D eigenvalue weighted by molar-refractivity contribution is 5.98. The summed E-state index contributed by atoms with van der Waals surface area (Å²) in [5, 5.41) is 2.24. The molecule has 0 aromatic heterocycles. The number of benzene rings is 2. The van der Waals surface area contributed by atoms with Gasteiger partial charge in [0, 0.05) is 0 Å². The zero-order valence-electron chi connectivity index (χ0n) is 13.3. The van der Waals surface area contributed by atoms with Crippen LogP contribution in [0.5, 0.6) is 5.75 Å². The van der Waals surface area contributed by atoms with Gasteiger partial charge in [0.2, 0.25) is 0 Å². The van der Waals surface area contributed by atoms with Crippen molar-refractivity contribution in [1.29, 1.82) is 0 Å². The number of nitrogens with one attached hydrogen (secondary N) is 1. The smallest absolute Gasteiger partial charge is 0.387 e. The molecule has 1 unspecified atom stereocenters. The van der Waals surface area contributed by atoms with Crippen molar-refractivity contribution in [1.82, 2.24) is 0 Å². The van der Waals surface area contributed by atoms with Crippen LogP contribution in [0.1, 0.15) is 17.3 Å². The van der Waals surface area contributed by atoms with E-state index in [4.69, 9.17) is 4.74 Å². The molecule has 0 aliphatic rings. The average molecular weight is 371 g/mol. The first-order valence-corrected chi connectivity index (χ1v) is 7.29. The average Bonchev–Trinajstić information content (AvgIpc) is 2.55. The van der Waals surface area contributed by atoms with Crippen molar-refractivity contribution in [3.8, 4) is 5.75 Å². The van der Waals surface area contributed by atoms with E-state index < -0.39 is 41.8 Å². The van der Waals surface area contributed by atoms with Gasteiger partial charge in [-0.2, -0.15) is 8.78 Å². The Labute approximate surface area is 145 Å². The number of carbonyl (C=O) groups is 2. The minimum absolute atomic E-state index is 0.0854. The number of rotatable bonds is 6. The largest absolute Gasteiger partial charge is 0.449 e. The summed E-state index contributed by atoms with van der Waals surface area (Å²) in [5.74, 6) is -4.85. The fourth-order valence-corrected chi connectivity index (χ4v) is 1.97. The normalized spacial score (nSPS) is 11.8. The molecule has 0 spiro atoms. The monoisotopic (exact) mass is 371 g/mol. The SMILES string of the molecule is CC(OC(=O)c1c(F)cccc1F)C(=O)Nc1ccccc1OC(F)F. The Morgan fingerprint density at radius 3 is 2.23 bits per heavy atom. The summed E-state index contributed by atoms with van der Waals surface area (Å²) in [5.41, 5.74) is -1.02. The Bertz CT molecular complexity index is 793. The van der Waals surface area contributed by atoms with Gasteiger partial charge in [-0.1, -0.05) is 18.2 Å². The second-order valence-corrected chi connectivity index (χ2v) is 5.01. The van der Waals surface area contributed by atoms with Gasteiger partial charge in [-0.3, -0.25) is 4.79 Å². The Morgan fingerprint density at radius 2 is 1.62 bits per heavy atom. The zero-order valence-corrected chi connectivity index (χ0v) is 13.3. The van der Waals surface area contributed by atoms with E-state index in [0.29, 0.717) is 0 Å². The van der Waals surface area contributed by atoms with Crippen LogP contribution in [0.25, 0.3) is 0 Å². The molecule has 0 aliphatic carbocycles. The lowest BCUT2D eigenvalue weighted by atomic mass is 10.2. The molecule has 0 saturated carbocycles. The number of hydrogen-bond donors (Lipinski definition) is 1. The number of para-hydroxylation sites is 2. The summed E-state index contributed by atoms with van der Waals surface area (Å²) in [4.78, 5) is 23.9. The number of ether oxygens (including phenoxy) is 2. The van der Waals surface area contributed by atoms with Crippen LogP contribution in [0.15, 0.2) is 42.5 Å². The van der Waals surface area contributed by atoms with Crippen molar-refractivity contribution in [2.24, 2.45) is 0 Å². The first-order chi connectivity index (χ1) is 12.3. The third kappa shape index (κ3) is 4.71. The molecule has 9 heteroatoms. The maximum atomic E-state index is 13.5. The van der Waals surface area contributed by atoms with Gasteiger partial charge in [-0.15, -0.1) is 0 Å². The van der Waals surface area contributed by atoms with Crippen molar-refractivity contribution >= 4 is 17.6 Å². The Hall–Kier alpha value is -3.10. The molecule has 5 nitrogen and oxygen atoms in total. The van der Waals surface area contributed by atoms with Gasteiger partial charge in [-0.25, -0.2) is 13.6 Å². The van der Waals surface area contributed by atoms with Crippen molar-refractivity contribution in [2.75, 3.05) is 5.32 Å². The molecule has 0 saturated heterocycles. The Kier molecular flexibility index (Phi) is 6.16. The standard InChI is InChI=1S/C17H13F4NO4/c1-9(25-16(24)14-10(18)5-4-6-11(14)19)15(23)22-12-7-2-3-8-13(12)26-17(20)21/h2-9,17H,1H3,(H,22,23). The maximum Gasteiger partial charge on any atom is 0.387 e. The van der Waals surface area contributed by atoms with Crippen LogP contribution in [0.3, 0.4) is 0 Å². The van der Waals surface area contributed by atoms with Gasteiger partial charge in [-0.05, 0) is 31.2 Å². The van der Waals surface area contributed by atoms with E-state index in [1.54, 1.807) is 0 Å². The van der Waals surface area contributed by atoms with Gasteiger partial charge in [0.05, 0.1) is 5.69 Å². The van der Waals surface area contributed by atoms with E-state index in [0.717, 1.165) is 25.1 Å². The molecule has 1 N–H and O–H groups in total. The number of carbonyl (C=O) groups excluding carboxylic acids is 2. The minimum Gasteiger partial charge on any atom is -0.449 e. The zero-order chi connectivity index (χ0) is 19.3. The highest BCUT2D eigenvalue weighted by atomic mass is 19.3. The summed E-state index contributed by atoms with van der Waals surface area (Å²) in [6.07, 6.45) is -1.46. The molecule has 2 aromatic carbocycles. The fraction of sp³-hybridized carbons (Fsp3) is 0.176. The number of anilines is 1. The number of halogens is 4. The van der Waals surface area contributed by atoms with Crippen molar-refractivity contribution < 1.29 is 36.6 Å². The number of amides is 1. The van der Waals surface area contributed by atoms with Crippen LogP contribution in [-0.4, -0.2) is 24.6 Å². The van der Waals surface area contributed by atoms with Crippen LogP contribution >= 0.6 is 0 Å². The molecule has 0 fully saturated rings. The molecule has 0 aliphatic heterocycles. The van der Waals surface area contributed by atoms with Crippen LogP contribution in [-0.2, 0) is 9.53 Å².